The summed E-state index contributed by atoms with van der Waals surface area (Å²) in [6, 6.07) is 0. The molecule has 6 atom stereocenters. The van der Waals surface area contributed by atoms with Gasteiger partial charge in [-0.1, -0.05) is 105 Å². The van der Waals surface area contributed by atoms with Crippen molar-refractivity contribution in [1.29, 1.82) is 0 Å². The average molecular weight is 875 g/mol. The molecule has 1 aliphatic carbocycles. The minimum Gasteiger partial charge on any atom is -0.468 e. The van der Waals surface area contributed by atoms with Crippen LogP contribution in [0, 0.1) is 56.3 Å². The number of aromatic amines is 3. The van der Waals surface area contributed by atoms with Crippen LogP contribution in [-0.4, -0.2) is 45.7 Å². The maximum Gasteiger partial charge on any atom is 0.316 e. The number of H-pyrrole nitrogens is 3. The van der Waals surface area contributed by atoms with E-state index in [1.165, 1.54) is 68.8 Å². The van der Waals surface area contributed by atoms with Crippen LogP contribution in [0.15, 0.2) is 29.6 Å². The number of nitrogens with one attached hydrogen (secondary N) is 4. The highest BCUT2D eigenvalue weighted by molar-refractivity contribution is 5.95. The monoisotopic (exact) mass is 875 g/mol. The van der Waals surface area contributed by atoms with Gasteiger partial charge in [-0.05, 0) is 118 Å². The molecule has 5 heterocycles. The number of carbonyl (C=O) groups excluding carboxylic acids is 2. The molecule has 0 spiro atoms. The van der Waals surface area contributed by atoms with Crippen molar-refractivity contribution >= 4 is 41.8 Å². The van der Waals surface area contributed by atoms with Crippen LogP contribution in [0.4, 0.5) is 0 Å². The topological polar surface area (TPSA) is 132 Å². The summed E-state index contributed by atoms with van der Waals surface area (Å²) in [5.74, 6) is 0.404. The number of hydrogen-bond donors (Lipinski definition) is 5. The Morgan fingerprint density at radius 3 is 2.16 bits per heavy atom. The smallest absolute Gasteiger partial charge is 0.316 e. The molecule has 1 saturated heterocycles. The van der Waals surface area contributed by atoms with E-state index in [4.69, 9.17) is 9.47 Å². The minimum absolute atomic E-state index is 0.0579. The molecule has 0 unspecified atom stereocenters. The summed E-state index contributed by atoms with van der Waals surface area (Å²) in [7, 11) is 1.37. The van der Waals surface area contributed by atoms with Crippen molar-refractivity contribution in [3.63, 3.8) is 0 Å². The molecule has 1 fully saturated rings. The first-order valence-corrected chi connectivity index (χ1v) is 24.4. The molecule has 3 aromatic heterocycles. The summed E-state index contributed by atoms with van der Waals surface area (Å²) in [4.78, 5) is 38.2. The quantitative estimate of drug-likeness (QED) is 0.0567. The summed E-state index contributed by atoms with van der Waals surface area (Å²) in [6.07, 6.45) is 22.2. The number of ether oxygens (including phenoxy) is 2. The molecule has 6 rings (SSSR count). The second-order valence-electron chi connectivity index (χ2n) is 19.9. The van der Waals surface area contributed by atoms with E-state index in [-0.39, 0.29) is 30.8 Å². The Bertz CT molecular complexity index is 2400. The van der Waals surface area contributed by atoms with Crippen LogP contribution in [0.1, 0.15) is 181 Å². The van der Waals surface area contributed by atoms with E-state index in [1.807, 2.05) is 13.0 Å². The van der Waals surface area contributed by atoms with Gasteiger partial charge in [0.2, 0.25) is 0 Å². The number of aliphatic hydroxyl groups excluding tert-OH is 1. The first-order chi connectivity index (χ1) is 30.6. The molecule has 9 heteroatoms. The van der Waals surface area contributed by atoms with Crippen molar-refractivity contribution < 1.29 is 24.2 Å². The van der Waals surface area contributed by atoms with Crippen molar-refractivity contribution in [2.75, 3.05) is 13.7 Å². The number of carbonyl (C=O) groups is 2. The number of aliphatic hydroxyl groups is 1. The number of rotatable bonds is 20. The van der Waals surface area contributed by atoms with Crippen LogP contribution in [0.5, 0.6) is 0 Å². The Kier molecular flexibility index (Phi) is 16.3. The first-order valence-electron chi connectivity index (χ1n) is 24.4. The fourth-order valence-electron chi connectivity index (χ4n) is 10.6. The number of esters is 2. The van der Waals surface area contributed by atoms with E-state index in [0.717, 1.165) is 98.6 Å². The van der Waals surface area contributed by atoms with Gasteiger partial charge < -0.3 is 34.8 Å². The molecule has 0 radical (unpaired) electrons. The molecule has 348 valence electrons. The molecule has 2 aliphatic heterocycles. The average Bonchev–Trinajstić information content (AvgIpc) is 3.99. The third-order valence-corrected chi connectivity index (χ3v) is 14.7. The van der Waals surface area contributed by atoms with Crippen molar-refractivity contribution in [3.05, 3.63) is 96.5 Å². The Balaban J connectivity index is 1.21. The number of fused-ring (bicyclic) bond motifs is 7. The summed E-state index contributed by atoms with van der Waals surface area (Å²) < 4.78 is 11.2. The zero-order valence-corrected chi connectivity index (χ0v) is 40.9. The summed E-state index contributed by atoms with van der Waals surface area (Å²) in [6.45, 7) is 26.6. The number of allylic oxidation sites excluding steroid dienone is 3. The molecule has 9 nitrogen and oxygen atoms in total. The zero-order valence-electron chi connectivity index (χ0n) is 40.9. The van der Waals surface area contributed by atoms with Gasteiger partial charge in [0.15, 0.2) is 0 Å². The van der Waals surface area contributed by atoms with Crippen molar-refractivity contribution in [2.45, 2.75) is 152 Å². The minimum atomic E-state index is -1.11. The van der Waals surface area contributed by atoms with Gasteiger partial charge in [0, 0.05) is 74.1 Å². The zero-order chi connectivity index (χ0) is 46.4. The Morgan fingerprint density at radius 1 is 0.844 bits per heavy atom. The third kappa shape index (κ3) is 10.7. The lowest BCUT2D eigenvalue weighted by atomic mass is 9.84. The van der Waals surface area contributed by atoms with Crippen LogP contribution in [0.3, 0.4) is 0 Å². The van der Waals surface area contributed by atoms with Crippen molar-refractivity contribution in [3.8, 4) is 0 Å². The highest BCUT2D eigenvalue weighted by atomic mass is 16.5. The second kappa shape index (κ2) is 21.5. The van der Waals surface area contributed by atoms with E-state index in [1.54, 1.807) is 0 Å². The highest BCUT2D eigenvalue weighted by Gasteiger charge is 2.48. The molecular weight excluding hydrogens is 797 g/mol. The molecule has 0 saturated carbocycles. The third-order valence-electron chi connectivity index (χ3n) is 14.7. The SMILES string of the molecule is C=Cc1c2[nH]c(c1C)/C=C1\N/C(=C3\c4[nH]c(c(C)c4[C@@H](O)[C@@H]3C(=O)OC)/C=c3\[nH]/c(c(C)c3CC)=C\2)[C@@H](CCC(=O)OC/C=C(\C)CCC[C@H](C)CCC[C@H](C)CCCC(C)C)[C@@H]1C. The largest absolute Gasteiger partial charge is 0.468 e. The fourth-order valence-corrected chi connectivity index (χ4v) is 10.6. The summed E-state index contributed by atoms with van der Waals surface area (Å²) >= 11 is 0. The Labute approximate surface area is 383 Å². The lowest BCUT2D eigenvalue weighted by Crippen LogP contribution is -2.24. The Hall–Kier alpha value is -4.76. The van der Waals surface area contributed by atoms with Gasteiger partial charge >= 0.3 is 11.9 Å². The molecule has 3 aromatic rings. The second-order valence-corrected chi connectivity index (χ2v) is 19.9. The number of aromatic nitrogens is 3. The first kappa shape index (κ1) is 48.7. The normalized spacial score (nSPS) is 23.1. The van der Waals surface area contributed by atoms with Gasteiger partial charge in [-0.25, -0.2) is 0 Å². The van der Waals surface area contributed by atoms with E-state index in [2.05, 4.69) is 113 Å². The summed E-state index contributed by atoms with van der Waals surface area (Å²) in [5, 5.41) is 17.8. The molecule has 0 aromatic carbocycles. The van der Waals surface area contributed by atoms with E-state index in [9.17, 15) is 14.7 Å². The van der Waals surface area contributed by atoms with Gasteiger partial charge in [0.1, 0.15) is 12.5 Å². The van der Waals surface area contributed by atoms with Crippen LogP contribution in [0.2, 0.25) is 0 Å². The maximum absolute atomic E-state index is 13.7. The number of hydrogen-bond acceptors (Lipinski definition) is 6. The van der Waals surface area contributed by atoms with E-state index >= 15 is 0 Å². The lowest BCUT2D eigenvalue weighted by Gasteiger charge is -2.21. The number of methoxy groups -OCH3 is 1. The van der Waals surface area contributed by atoms with Gasteiger partial charge in [0.25, 0.3) is 0 Å². The van der Waals surface area contributed by atoms with Gasteiger partial charge in [-0.15, -0.1) is 0 Å². The maximum atomic E-state index is 13.7. The van der Waals surface area contributed by atoms with Gasteiger partial charge in [-0.2, -0.15) is 0 Å². The predicted octanol–water partition coefficient (Wildman–Crippen LogP) is 10.9. The van der Waals surface area contributed by atoms with Crippen LogP contribution in [-0.2, 0) is 25.5 Å². The van der Waals surface area contributed by atoms with Gasteiger partial charge in [0.05, 0.1) is 18.9 Å². The molecular formula is C55H78N4O5. The van der Waals surface area contributed by atoms with E-state index < -0.39 is 18.0 Å². The molecule has 64 heavy (non-hydrogen) atoms. The molecule has 8 bridgehead atoms. The van der Waals surface area contributed by atoms with Crippen LogP contribution in [0.25, 0.3) is 29.9 Å². The standard InChI is InChI=1S/C55H78N4O5/c1-13-39-35(8)42-28-44-37(10)41(24-25-48(60)64-27-26-34(7)23-17-22-33(6)21-16-20-32(5)19-15-18-31(3)4)52(58-44)50-51(55(62)63-12)54(61)49-38(11)45(59-53(49)50)30-47-40(14-2)36(9)43(57-47)29-46(39)56-42/h13,26,28-33,37,41,51,54,56-59,61H,1,14-25,27H2,2-12H3/b34-26+,43-29-,44-28-,47-30-,52-50-/t32-,33-,37+,41+,51-,54-/m1/s1. The summed E-state index contributed by atoms with van der Waals surface area (Å²) in [5.41, 5.74) is 13.2. The highest BCUT2D eigenvalue weighted by Crippen LogP contribution is 2.52. The lowest BCUT2D eigenvalue weighted by molar-refractivity contribution is -0.146. The van der Waals surface area contributed by atoms with Crippen molar-refractivity contribution in [1.82, 2.24) is 20.3 Å². The molecule has 3 aliphatic rings. The Morgan fingerprint density at radius 2 is 1.50 bits per heavy atom. The molecule has 0 amide bonds. The van der Waals surface area contributed by atoms with Crippen LogP contribution >= 0.6 is 0 Å². The fraction of sp³-hybridized carbons (Fsp3) is 0.564. The van der Waals surface area contributed by atoms with Crippen LogP contribution < -0.4 is 16.0 Å². The molecule has 5 N–H and O–H groups in total. The predicted molar refractivity (Wildman–Crippen MR) is 262 cm³/mol. The van der Waals surface area contributed by atoms with E-state index in [0.29, 0.717) is 17.6 Å². The van der Waals surface area contributed by atoms with Crippen molar-refractivity contribution in [2.24, 2.45) is 35.5 Å². The van der Waals surface area contributed by atoms with Gasteiger partial charge in [-0.3, -0.25) is 9.59 Å².